The van der Waals surface area contributed by atoms with Gasteiger partial charge in [-0.3, -0.25) is 0 Å². The molecule has 1 aromatic carbocycles. The zero-order valence-electron chi connectivity index (χ0n) is 8.63. The second-order valence-corrected chi connectivity index (χ2v) is 3.50. The third-order valence-corrected chi connectivity index (χ3v) is 2.42. The number of aromatic nitrogens is 1. The molecule has 0 radical (unpaired) electrons. The number of fused-ring (bicyclic) bond motifs is 1. The first-order valence-corrected chi connectivity index (χ1v) is 4.73. The van der Waals surface area contributed by atoms with Gasteiger partial charge in [-0.05, 0) is 18.2 Å². The van der Waals surface area contributed by atoms with Crippen LogP contribution in [0.25, 0.3) is 10.9 Å². The van der Waals surface area contributed by atoms with Crippen LogP contribution in [0, 0.1) is 0 Å². The number of H-pyrrole nitrogens is 1. The van der Waals surface area contributed by atoms with Crippen LogP contribution in [-0.4, -0.2) is 23.8 Å². The summed E-state index contributed by atoms with van der Waals surface area (Å²) in [5.41, 5.74) is 0.265. The van der Waals surface area contributed by atoms with E-state index in [-0.39, 0.29) is 5.69 Å². The minimum atomic E-state index is -3.24. The van der Waals surface area contributed by atoms with Gasteiger partial charge in [0.2, 0.25) is 0 Å². The third kappa shape index (κ3) is 1.74. The first-order valence-electron chi connectivity index (χ1n) is 4.73. The number of aliphatic hydroxyl groups excluding tert-OH is 1. The Balaban J connectivity index is 2.52. The highest BCUT2D eigenvalue weighted by Gasteiger charge is 2.32. The van der Waals surface area contributed by atoms with Gasteiger partial charge in [0.05, 0.1) is 12.8 Å². The van der Waals surface area contributed by atoms with E-state index in [1.54, 1.807) is 18.2 Å². The zero-order valence-corrected chi connectivity index (χ0v) is 8.63. The smallest absolute Gasteiger partial charge is 0.310 e. The van der Waals surface area contributed by atoms with E-state index >= 15 is 0 Å². The number of hydrogen-bond donors (Lipinski definition) is 2. The molecule has 1 heterocycles. The van der Waals surface area contributed by atoms with Crippen LogP contribution in [-0.2, 0) is 5.92 Å². The number of halogens is 2. The number of nitrogens with one attached hydrogen (secondary N) is 1. The Labute approximate surface area is 90.7 Å². The molecule has 0 saturated heterocycles. The summed E-state index contributed by atoms with van der Waals surface area (Å²) in [4.78, 5) is 2.57. The van der Waals surface area contributed by atoms with Crippen LogP contribution >= 0.6 is 0 Å². The first-order chi connectivity index (χ1) is 7.56. The fourth-order valence-electron chi connectivity index (χ4n) is 1.52. The average molecular weight is 227 g/mol. The minimum Gasteiger partial charge on any atom is -0.497 e. The van der Waals surface area contributed by atoms with Crippen LogP contribution in [0.4, 0.5) is 8.78 Å². The molecule has 3 nitrogen and oxygen atoms in total. The van der Waals surface area contributed by atoms with Crippen LogP contribution in [0.3, 0.4) is 0 Å². The Morgan fingerprint density at radius 1 is 1.38 bits per heavy atom. The summed E-state index contributed by atoms with van der Waals surface area (Å²) in [6.45, 7) is -1.21. The number of ether oxygens (including phenoxy) is 1. The van der Waals surface area contributed by atoms with Crippen LogP contribution in [0.1, 0.15) is 5.69 Å². The van der Waals surface area contributed by atoms with Crippen molar-refractivity contribution in [3.63, 3.8) is 0 Å². The molecule has 0 atom stereocenters. The maximum Gasteiger partial charge on any atom is 0.310 e. The van der Waals surface area contributed by atoms with Gasteiger partial charge in [-0.15, -0.1) is 0 Å². The summed E-state index contributed by atoms with van der Waals surface area (Å²) in [6.07, 6.45) is 0. The van der Waals surface area contributed by atoms with Gasteiger partial charge in [0.1, 0.15) is 12.4 Å². The second-order valence-electron chi connectivity index (χ2n) is 3.50. The molecule has 0 aliphatic carbocycles. The van der Waals surface area contributed by atoms with Crippen molar-refractivity contribution in [1.82, 2.24) is 4.98 Å². The third-order valence-electron chi connectivity index (χ3n) is 2.42. The lowest BCUT2D eigenvalue weighted by molar-refractivity contribution is -0.0586. The molecule has 16 heavy (non-hydrogen) atoms. The van der Waals surface area contributed by atoms with Crippen molar-refractivity contribution in [3.05, 3.63) is 30.0 Å². The maximum absolute atomic E-state index is 13.2. The number of alkyl halides is 2. The van der Waals surface area contributed by atoms with Gasteiger partial charge in [0, 0.05) is 17.0 Å². The lowest BCUT2D eigenvalue weighted by Crippen LogP contribution is -2.18. The standard InChI is InChI=1S/C11H11F2NO2/c1-16-8-3-2-7-4-10(11(12,13)6-15)14-9(7)5-8/h2-5,14-15H,6H2,1H3. The lowest BCUT2D eigenvalue weighted by atomic mass is 10.2. The van der Waals surface area contributed by atoms with Gasteiger partial charge in [-0.25, -0.2) is 0 Å². The monoisotopic (exact) mass is 227 g/mol. The van der Waals surface area contributed by atoms with Crippen LogP contribution in [0.2, 0.25) is 0 Å². The van der Waals surface area contributed by atoms with E-state index in [2.05, 4.69) is 4.98 Å². The molecule has 86 valence electrons. The van der Waals surface area contributed by atoms with Gasteiger partial charge in [0.15, 0.2) is 0 Å². The van der Waals surface area contributed by atoms with Gasteiger partial charge in [-0.1, -0.05) is 0 Å². The number of aliphatic hydroxyl groups is 1. The van der Waals surface area contributed by atoms with E-state index in [4.69, 9.17) is 9.84 Å². The quantitative estimate of drug-likeness (QED) is 0.844. The van der Waals surface area contributed by atoms with E-state index < -0.39 is 12.5 Å². The number of methoxy groups -OCH3 is 1. The van der Waals surface area contributed by atoms with Crippen molar-refractivity contribution in [2.45, 2.75) is 5.92 Å². The summed E-state index contributed by atoms with van der Waals surface area (Å²) in [7, 11) is 1.51. The van der Waals surface area contributed by atoms with Crippen molar-refractivity contribution in [3.8, 4) is 5.75 Å². The molecular formula is C11H11F2NO2. The summed E-state index contributed by atoms with van der Waals surface area (Å²) in [6, 6.07) is 6.33. The number of benzene rings is 1. The maximum atomic E-state index is 13.2. The molecule has 2 rings (SSSR count). The molecule has 0 amide bonds. The Morgan fingerprint density at radius 2 is 2.12 bits per heavy atom. The topological polar surface area (TPSA) is 45.2 Å². The van der Waals surface area contributed by atoms with Gasteiger partial charge >= 0.3 is 5.92 Å². The second kappa shape index (κ2) is 3.75. The van der Waals surface area contributed by atoms with E-state index in [1.165, 1.54) is 13.2 Å². The van der Waals surface area contributed by atoms with Crippen LogP contribution in [0.5, 0.6) is 5.75 Å². The molecule has 0 aliphatic rings. The van der Waals surface area contributed by atoms with Gasteiger partial charge in [-0.2, -0.15) is 8.78 Å². The summed E-state index contributed by atoms with van der Waals surface area (Å²) < 4.78 is 31.4. The molecule has 0 aliphatic heterocycles. The Morgan fingerprint density at radius 3 is 2.75 bits per heavy atom. The van der Waals surface area contributed by atoms with Crippen LogP contribution in [0.15, 0.2) is 24.3 Å². The molecule has 2 aromatic rings. The van der Waals surface area contributed by atoms with Crippen molar-refractivity contribution < 1.29 is 18.6 Å². The van der Waals surface area contributed by atoms with E-state index in [1.807, 2.05) is 0 Å². The molecule has 5 heteroatoms. The molecule has 1 aromatic heterocycles. The minimum absolute atomic E-state index is 0.293. The molecule has 0 unspecified atom stereocenters. The fraction of sp³-hybridized carbons (Fsp3) is 0.273. The Bertz CT molecular complexity index is 508. The van der Waals surface area contributed by atoms with E-state index in [0.717, 1.165) is 0 Å². The van der Waals surface area contributed by atoms with Crippen molar-refractivity contribution in [2.75, 3.05) is 13.7 Å². The average Bonchev–Trinajstić information content (AvgIpc) is 2.72. The highest BCUT2D eigenvalue weighted by molar-refractivity contribution is 5.82. The molecule has 2 N–H and O–H groups in total. The summed E-state index contributed by atoms with van der Waals surface area (Å²) in [5.74, 6) is -2.65. The summed E-state index contributed by atoms with van der Waals surface area (Å²) in [5, 5.41) is 9.24. The van der Waals surface area contributed by atoms with Crippen molar-refractivity contribution in [1.29, 1.82) is 0 Å². The fourth-order valence-corrected chi connectivity index (χ4v) is 1.52. The molecule has 0 spiro atoms. The number of rotatable bonds is 3. The molecule has 0 bridgehead atoms. The number of aromatic amines is 1. The predicted molar refractivity (Wildman–Crippen MR) is 55.8 cm³/mol. The summed E-state index contributed by atoms with van der Waals surface area (Å²) >= 11 is 0. The van der Waals surface area contributed by atoms with Crippen LogP contribution < -0.4 is 4.74 Å². The molecule has 0 saturated carbocycles. The SMILES string of the molecule is COc1ccc2cc(C(F)(F)CO)[nH]c2c1. The largest absolute Gasteiger partial charge is 0.497 e. The van der Waals surface area contributed by atoms with Crippen molar-refractivity contribution in [2.24, 2.45) is 0 Å². The zero-order chi connectivity index (χ0) is 11.8. The Kier molecular flexibility index (Phi) is 2.55. The normalized spacial score (nSPS) is 12.0. The molecule has 0 fully saturated rings. The van der Waals surface area contributed by atoms with E-state index in [0.29, 0.717) is 16.7 Å². The highest BCUT2D eigenvalue weighted by Crippen LogP contribution is 2.30. The van der Waals surface area contributed by atoms with E-state index in [9.17, 15) is 8.78 Å². The van der Waals surface area contributed by atoms with Gasteiger partial charge in [0.25, 0.3) is 0 Å². The molecular weight excluding hydrogens is 216 g/mol. The lowest BCUT2D eigenvalue weighted by Gasteiger charge is -2.09. The van der Waals surface area contributed by atoms with Crippen molar-refractivity contribution >= 4 is 10.9 Å². The van der Waals surface area contributed by atoms with Gasteiger partial charge < -0.3 is 14.8 Å². The predicted octanol–water partition coefficient (Wildman–Crippen LogP) is 2.26. The number of hydrogen-bond acceptors (Lipinski definition) is 2. The highest BCUT2D eigenvalue weighted by atomic mass is 19.3. The first kappa shape index (κ1) is 10.9. The Hall–Kier alpha value is -1.62.